The number of nitrogens with zero attached hydrogens (tertiary/aromatic N) is 1. The van der Waals surface area contributed by atoms with Crippen molar-refractivity contribution in [3.8, 4) is 0 Å². The first-order chi connectivity index (χ1) is 7.92. The zero-order valence-corrected chi connectivity index (χ0v) is 10.5. The van der Waals surface area contributed by atoms with Gasteiger partial charge in [-0.25, -0.2) is 0 Å². The van der Waals surface area contributed by atoms with Crippen molar-refractivity contribution in [1.29, 1.82) is 0 Å². The molecule has 2 rings (SSSR count). The van der Waals surface area contributed by atoms with Crippen molar-refractivity contribution in [1.82, 2.24) is 4.90 Å². The minimum absolute atomic E-state index is 0.137. The highest BCUT2D eigenvalue weighted by Gasteiger charge is 2.45. The third kappa shape index (κ3) is 2.15. The van der Waals surface area contributed by atoms with Crippen LogP contribution < -0.4 is 0 Å². The molecular weight excluding hydrogens is 238 g/mol. The normalized spacial score (nSPS) is 18.8. The zero-order chi connectivity index (χ0) is 12.6. The molecule has 2 amide bonds. The van der Waals surface area contributed by atoms with Crippen molar-refractivity contribution in [2.24, 2.45) is 5.41 Å². The highest BCUT2D eigenvalue weighted by molar-refractivity contribution is 7.12. The maximum Gasteiger partial charge on any atom is 0.235 e. The van der Waals surface area contributed by atoms with Crippen LogP contribution in [0.5, 0.6) is 0 Å². The lowest BCUT2D eigenvalue weighted by atomic mass is 9.92. The van der Waals surface area contributed by atoms with Crippen molar-refractivity contribution < 1.29 is 14.4 Å². The Morgan fingerprint density at radius 1 is 1.47 bits per heavy atom. The first-order valence-electron chi connectivity index (χ1n) is 5.33. The molecule has 1 aliphatic rings. The van der Waals surface area contributed by atoms with Crippen LogP contribution in [0.1, 0.15) is 29.9 Å². The number of amides is 2. The number of imide groups is 1. The molecule has 0 aliphatic carbocycles. The summed E-state index contributed by atoms with van der Waals surface area (Å²) < 4.78 is 0. The van der Waals surface area contributed by atoms with Crippen molar-refractivity contribution in [2.45, 2.75) is 20.3 Å². The third-order valence-corrected chi connectivity index (χ3v) is 3.73. The monoisotopic (exact) mass is 251 g/mol. The Morgan fingerprint density at radius 3 is 2.65 bits per heavy atom. The van der Waals surface area contributed by atoms with E-state index in [1.165, 1.54) is 11.3 Å². The van der Waals surface area contributed by atoms with Crippen LogP contribution in [-0.2, 0) is 9.59 Å². The average molecular weight is 251 g/mol. The van der Waals surface area contributed by atoms with Gasteiger partial charge in [-0.1, -0.05) is 19.9 Å². The fourth-order valence-corrected chi connectivity index (χ4v) is 2.50. The van der Waals surface area contributed by atoms with E-state index in [-0.39, 0.29) is 30.6 Å². The number of rotatable bonds is 3. The van der Waals surface area contributed by atoms with Gasteiger partial charge in [0.25, 0.3) is 0 Å². The molecule has 0 atom stereocenters. The number of hydrogen-bond donors (Lipinski definition) is 0. The average Bonchev–Trinajstić information content (AvgIpc) is 2.81. The van der Waals surface area contributed by atoms with Crippen LogP contribution in [0.3, 0.4) is 0 Å². The van der Waals surface area contributed by atoms with Crippen LogP contribution in [0.2, 0.25) is 0 Å². The van der Waals surface area contributed by atoms with E-state index in [2.05, 4.69) is 0 Å². The topological polar surface area (TPSA) is 54.5 Å². The van der Waals surface area contributed by atoms with Gasteiger partial charge >= 0.3 is 0 Å². The molecule has 1 fully saturated rings. The highest BCUT2D eigenvalue weighted by atomic mass is 32.1. The molecule has 17 heavy (non-hydrogen) atoms. The number of likely N-dealkylation sites (tertiary alicyclic amines) is 1. The molecule has 0 bridgehead atoms. The summed E-state index contributed by atoms with van der Waals surface area (Å²) in [4.78, 5) is 37.0. The second-order valence-electron chi connectivity index (χ2n) is 4.75. The minimum atomic E-state index is -0.674. The van der Waals surface area contributed by atoms with E-state index in [4.69, 9.17) is 0 Å². The van der Waals surface area contributed by atoms with Crippen molar-refractivity contribution in [3.63, 3.8) is 0 Å². The quantitative estimate of drug-likeness (QED) is 0.607. The fourth-order valence-electron chi connectivity index (χ4n) is 1.85. The molecule has 0 aromatic carbocycles. The van der Waals surface area contributed by atoms with Gasteiger partial charge in [-0.15, -0.1) is 11.3 Å². The predicted molar refractivity (Wildman–Crippen MR) is 63.8 cm³/mol. The number of thiophene rings is 1. The molecule has 1 aromatic rings. The molecule has 0 radical (unpaired) electrons. The van der Waals surface area contributed by atoms with Crippen molar-refractivity contribution >= 4 is 28.9 Å². The van der Waals surface area contributed by atoms with E-state index in [1.54, 1.807) is 31.4 Å². The molecular formula is C12H13NO3S. The summed E-state index contributed by atoms with van der Waals surface area (Å²) in [7, 11) is 0. The number of Topliss-reactive ketones (excluding diaryl/α,β-unsaturated/α-hetero) is 1. The van der Waals surface area contributed by atoms with Crippen LogP contribution in [0.15, 0.2) is 17.5 Å². The lowest BCUT2D eigenvalue weighted by molar-refractivity contribution is -0.140. The summed E-state index contributed by atoms with van der Waals surface area (Å²) in [6.07, 6.45) is 0.184. The van der Waals surface area contributed by atoms with Gasteiger partial charge in [-0.3, -0.25) is 19.3 Å². The van der Waals surface area contributed by atoms with Gasteiger partial charge in [-0.2, -0.15) is 0 Å². The van der Waals surface area contributed by atoms with Crippen LogP contribution in [0, 0.1) is 5.41 Å². The Hall–Kier alpha value is -1.49. The first-order valence-corrected chi connectivity index (χ1v) is 6.21. The van der Waals surface area contributed by atoms with Crippen molar-refractivity contribution in [3.05, 3.63) is 22.4 Å². The Bertz CT molecular complexity index is 476. The van der Waals surface area contributed by atoms with Gasteiger partial charge in [0.05, 0.1) is 16.8 Å². The molecule has 90 valence electrons. The lowest BCUT2D eigenvalue weighted by Gasteiger charge is -2.16. The Balaban J connectivity index is 2.13. The van der Waals surface area contributed by atoms with Gasteiger partial charge in [-0.05, 0) is 11.4 Å². The van der Waals surface area contributed by atoms with E-state index < -0.39 is 5.41 Å². The summed E-state index contributed by atoms with van der Waals surface area (Å²) in [5.74, 6) is -0.697. The summed E-state index contributed by atoms with van der Waals surface area (Å²) >= 11 is 1.32. The Kier molecular flexibility index (Phi) is 2.87. The molecule has 4 nitrogen and oxygen atoms in total. The summed E-state index contributed by atoms with van der Waals surface area (Å²) in [5.41, 5.74) is -0.674. The molecule has 0 spiro atoms. The summed E-state index contributed by atoms with van der Waals surface area (Å²) in [6, 6.07) is 3.47. The van der Waals surface area contributed by atoms with E-state index in [1.807, 2.05) is 0 Å². The van der Waals surface area contributed by atoms with Crippen LogP contribution in [0.4, 0.5) is 0 Å². The number of hydrogen-bond acceptors (Lipinski definition) is 4. The molecule has 0 unspecified atom stereocenters. The number of carbonyl (C=O) groups is 3. The predicted octanol–water partition coefficient (Wildman–Crippen LogP) is 1.72. The van der Waals surface area contributed by atoms with E-state index in [0.717, 1.165) is 4.90 Å². The molecule has 1 saturated heterocycles. The lowest BCUT2D eigenvalue weighted by Crippen LogP contribution is -2.37. The largest absolute Gasteiger partial charge is 0.291 e. The third-order valence-electron chi connectivity index (χ3n) is 2.82. The fraction of sp³-hybridized carbons (Fsp3) is 0.417. The van der Waals surface area contributed by atoms with E-state index in [9.17, 15) is 14.4 Å². The van der Waals surface area contributed by atoms with Gasteiger partial charge in [0.15, 0.2) is 5.78 Å². The van der Waals surface area contributed by atoms with Gasteiger partial charge in [0, 0.05) is 6.42 Å². The number of carbonyl (C=O) groups excluding carboxylic acids is 3. The molecule has 1 aromatic heterocycles. The molecule has 5 heteroatoms. The van der Waals surface area contributed by atoms with Gasteiger partial charge in [0.2, 0.25) is 11.8 Å². The molecule has 1 aliphatic heterocycles. The second kappa shape index (κ2) is 4.07. The summed E-state index contributed by atoms with van der Waals surface area (Å²) in [6.45, 7) is 3.31. The van der Waals surface area contributed by atoms with Gasteiger partial charge < -0.3 is 0 Å². The first kappa shape index (κ1) is 12.0. The maximum atomic E-state index is 11.9. The summed E-state index contributed by atoms with van der Waals surface area (Å²) in [5, 5.41) is 1.80. The Morgan fingerprint density at radius 2 is 2.18 bits per heavy atom. The van der Waals surface area contributed by atoms with E-state index in [0.29, 0.717) is 4.88 Å². The molecule has 2 heterocycles. The van der Waals surface area contributed by atoms with Gasteiger partial charge in [0.1, 0.15) is 0 Å². The Labute approximate surface area is 103 Å². The SMILES string of the molecule is CC1(C)CC(=O)N(CC(=O)c2cccs2)C1=O. The minimum Gasteiger partial charge on any atom is -0.291 e. The zero-order valence-electron chi connectivity index (χ0n) is 9.73. The number of ketones is 1. The second-order valence-corrected chi connectivity index (χ2v) is 5.69. The molecule has 0 saturated carbocycles. The van der Waals surface area contributed by atoms with Crippen LogP contribution in [-0.4, -0.2) is 29.0 Å². The van der Waals surface area contributed by atoms with Crippen LogP contribution >= 0.6 is 11.3 Å². The maximum absolute atomic E-state index is 11.9. The molecule has 0 N–H and O–H groups in total. The van der Waals surface area contributed by atoms with E-state index >= 15 is 0 Å². The standard InChI is InChI=1S/C12H13NO3S/c1-12(2)6-10(15)13(11(12)16)7-8(14)9-4-3-5-17-9/h3-5H,6-7H2,1-2H3. The smallest absolute Gasteiger partial charge is 0.235 e. The highest BCUT2D eigenvalue weighted by Crippen LogP contribution is 2.31. The van der Waals surface area contributed by atoms with Crippen molar-refractivity contribution in [2.75, 3.05) is 6.54 Å². The van der Waals surface area contributed by atoms with Crippen LogP contribution in [0.25, 0.3) is 0 Å².